The molecule has 24 heavy (non-hydrogen) atoms. The minimum Gasteiger partial charge on any atom is -0.440 e. The molecular weight excluding hydrogens is 331 g/mol. The van der Waals surface area contributed by atoms with E-state index >= 15 is 0 Å². The summed E-state index contributed by atoms with van der Waals surface area (Å²) in [6.45, 7) is 0.652. The van der Waals surface area contributed by atoms with Gasteiger partial charge in [0.05, 0.1) is 6.54 Å². The molecule has 3 N–H and O–H groups in total. The highest BCUT2D eigenvalue weighted by Crippen LogP contribution is 2.42. The molecule has 0 radical (unpaired) electrons. The van der Waals surface area contributed by atoms with Crippen LogP contribution in [0.2, 0.25) is 0 Å². The largest absolute Gasteiger partial charge is 0.490 e. The zero-order chi connectivity index (χ0) is 17.3. The van der Waals surface area contributed by atoms with E-state index in [1.807, 2.05) is 0 Å². The number of nitrogens with one attached hydrogen (secondary N) is 3. The summed E-state index contributed by atoms with van der Waals surface area (Å²) in [6.07, 6.45) is -3.55. The average Bonchev–Trinajstić information content (AvgIpc) is 3.21. The molecule has 11 heteroatoms. The van der Waals surface area contributed by atoms with Gasteiger partial charge in [-0.3, -0.25) is 15.2 Å². The number of aromatic amines is 1. The first-order valence-corrected chi connectivity index (χ1v) is 7.49. The van der Waals surface area contributed by atoms with Crippen molar-refractivity contribution < 1.29 is 27.5 Å². The van der Waals surface area contributed by atoms with E-state index in [0.717, 1.165) is 0 Å². The Kier molecular flexibility index (Phi) is 4.43. The van der Waals surface area contributed by atoms with Crippen molar-refractivity contribution in [3.63, 3.8) is 0 Å². The lowest BCUT2D eigenvalue weighted by atomic mass is 9.99. The van der Waals surface area contributed by atoms with Crippen molar-refractivity contribution >= 4 is 11.9 Å². The summed E-state index contributed by atoms with van der Waals surface area (Å²) in [5.74, 6) is -2.99. The Morgan fingerprint density at radius 1 is 1.38 bits per heavy atom. The van der Waals surface area contributed by atoms with Crippen LogP contribution in [0.1, 0.15) is 18.5 Å². The average molecular weight is 347 g/mol. The second-order valence-electron chi connectivity index (χ2n) is 6.01. The fourth-order valence-electron chi connectivity index (χ4n) is 3.34. The lowest BCUT2D eigenvalue weighted by Gasteiger charge is -2.20. The number of esters is 1. The van der Waals surface area contributed by atoms with Crippen LogP contribution in [0.5, 0.6) is 0 Å². The van der Waals surface area contributed by atoms with Gasteiger partial charge in [-0.05, 0) is 18.8 Å². The van der Waals surface area contributed by atoms with Crippen LogP contribution in [0.3, 0.4) is 0 Å². The van der Waals surface area contributed by atoms with Gasteiger partial charge in [-0.25, -0.2) is 4.79 Å². The monoisotopic (exact) mass is 347 g/mol. The Labute approximate surface area is 134 Å². The van der Waals surface area contributed by atoms with Gasteiger partial charge in [0.25, 0.3) is 0 Å². The van der Waals surface area contributed by atoms with E-state index in [1.165, 1.54) is 0 Å². The summed E-state index contributed by atoms with van der Waals surface area (Å²) >= 11 is 0. The maximum absolute atomic E-state index is 12.3. The van der Waals surface area contributed by atoms with Crippen molar-refractivity contribution in [3.8, 4) is 0 Å². The maximum atomic E-state index is 12.3. The van der Waals surface area contributed by atoms with E-state index in [1.54, 1.807) is 6.20 Å². The van der Waals surface area contributed by atoms with Crippen molar-refractivity contribution in [2.75, 3.05) is 6.54 Å². The quantitative estimate of drug-likeness (QED) is 0.667. The van der Waals surface area contributed by atoms with Gasteiger partial charge in [-0.1, -0.05) is 5.21 Å². The highest BCUT2D eigenvalue weighted by atomic mass is 19.4. The summed E-state index contributed by atoms with van der Waals surface area (Å²) in [7, 11) is 0. The summed E-state index contributed by atoms with van der Waals surface area (Å²) in [6, 6.07) is 0. The van der Waals surface area contributed by atoms with Crippen molar-refractivity contribution in [3.05, 3.63) is 11.9 Å². The first-order valence-electron chi connectivity index (χ1n) is 7.49. The number of carbonyl (C=O) groups is 2. The van der Waals surface area contributed by atoms with Gasteiger partial charge in [0.1, 0.15) is 5.69 Å². The number of nitrogens with zero attached hydrogens (tertiary/aromatic N) is 2. The number of hydrogen-bond donors (Lipinski definition) is 3. The number of aromatic nitrogens is 3. The van der Waals surface area contributed by atoms with Crippen LogP contribution in [0.4, 0.5) is 13.2 Å². The minimum absolute atomic E-state index is 0.0128. The molecule has 1 saturated carbocycles. The molecule has 1 amide bonds. The molecule has 2 heterocycles. The summed E-state index contributed by atoms with van der Waals surface area (Å²) < 4.78 is 41.4. The minimum atomic E-state index is -5.02. The third-order valence-electron chi connectivity index (χ3n) is 4.47. The number of halogens is 3. The highest BCUT2D eigenvalue weighted by Gasteiger charge is 2.50. The third kappa shape index (κ3) is 3.50. The molecule has 4 atom stereocenters. The molecule has 2 aliphatic rings. The number of ether oxygens (including phenoxy) is 1. The number of amides is 1. The normalized spacial score (nSPS) is 29.3. The molecule has 1 aromatic heterocycles. The highest BCUT2D eigenvalue weighted by molar-refractivity contribution is 5.79. The summed E-state index contributed by atoms with van der Waals surface area (Å²) in [5, 5.41) is 15.3. The lowest BCUT2D eigenvalue weighted by molar-refractivity contribution is -0.207. The Balaban J connectivity index is 1.52. The van der Waals surface area contributed by atoms with Crippen molar-refractivity contribution in [2.24, 2.45) is 17.8 Å². The zero-order valence-corrected chi connectivity index (χ0v) is 12.5. The lowest BCUT2D eigenvalue weighted by Crippen LogP contribution is -2.38. The third-order valence-corrected chi connectivity index (χ3v) is 4.47. The molecule has 1 aliphatic carbocycles. The molecule has 1 saturated heterocycles. The standard InChI is InChI=1S/C13H16F3N5O3/c14-13(15,16)12(23)24-11-9-2-6(1-7(9)3-18-11)10(22)17-4-8-5-19-21-20-8/h5-7,9,11,18H,1-4H2,(H,17,22)(H,19,20,21)/t6?,7-,9-,11?/m0/s1. The second-order valence-corrected chi connectivity index (χ2v) is 6.01. The van der Waals surface area contributed by atoms with Crippen LogP contribution in [0.25, 0.3) is 0 Å². The number of rotatable bonds is 4. The smallest absolute Gasteiger partial charge is 0.440 e. The van der Waals surface area contributed by atoms with Crippen LogP contribution in [0.15, 0.2) is 6.20 Å². The molecule has 3 rings (SSSR count). The fourth-order valence-corrected chi connectivity index (χ4v) is 3.34. The SMILES string of the molecule is O=C(NCc1c[nH]nn1)C1C[C@H]2CNC(OC(=O)C(F)(F)F)[C@H]2C1. The van der Waals surface area contributed by atoms with Gasteiger partial charge in [-0.15, -0.1) is 5.10 Å². The van der Waals surface area contributed by atoms with E-state index in [9.17, 15) is 22.8 Å². The van der Waals surface area contributed by atoms with Crippen LogP contribution in [0, 0.1) is 17.8 Å². The van der Waals surface area contributed by atoms with Crippen molar-refractivity contribution in [1.82, 2.24) is 26.0 Å². The van der Waals surface area contributed by atoms with Gasteiger partial charge in [0.2, 0.25) is 5.91 Å². The predicted octanol–water partition coefficient (Wildman–Crippen LogP) is 0.0981. The Bertz CT molecular complexity index is 606. The van der Waals surface area contributed by atoms with E-state index < -0.39 is 18.4 Å². The Hall–Kier alpha value is -2.17. The number of H-pyrrole nitrogens is 1. The Morgan fingerprint density at radius 3 is 2.83 bits per heavy atom. The van der Waals surface area contributed by atoms with Crippen LogP contribution >= 0.6 is 0 Å². The number of hydrogen-bond acceptors (Lipinski definition) is 6. The van der Waals surface area contributed by atoms with Gasteiger partial charge < -0.3 is 10.1 Å². The molecule has 1 aromatic rings. The molecule has 8 nitrogen and oxygen atoms in total. The summed E-state index contributed by atoms with van der Waals surface area (Å²) in [4.78, 5) is 23.2. The zero-order valence-electron chi connectivity index (χ0n) is 12.5. The van der Waals surface area contributed by atoms with Gasteiger partial charge in [0.15, 0.2) is 6.23 Å². The van der Waals surface area contributed by atoms with Gasteiger partial charge >= 0.3 is 12.1 Å². The number of fused-ring (bicyclic) bond motifs is 1. The van der Waals surface area contributed by atoms with Crippen LogP contribution in [-0.2, 0) is 20.9 Å². The molecular formula is C13H16F3N5O3. The summed E-state index contributed by atoms with van der Waals surface area (Å²) in [5.41, 5.74) is 0.584. The predicted molar refractivity (Wildman–Crippen MR) is 71.9 cm³/mol. The topological polar surface area (TPSA) is 109 Å². The molecule has 132 valence electrons. The molecule has 0 bridgehead atoms. The Morgan fingerprint density at radius 2 is 2.17 bits per heavy atom. The fraction of sp³-hybridized carbons (Fsp3) is 0.692. The van der Waals surface area contributed by atoms with Gasteiger partial charge in [0, 0.05) is 24.6 Å². The van der Waals surface area contributed by atoms with Crippen LogP contribution in [-0.4, -0.2) is 46.2 Å². The van der Waals surface area contributed by atoms with E-state index in [4.69, 9.17) is 0 Å². The van der Waals surface area contributed by atoms with Crippen molar-refractivity contribution in [1.29, 1.82) is 0 Å². The van der Waals surface area contributed by atoms with Crippen molar-refractivity contribution in [2.45, 2.75) is 31.8 Å². The number of alkyl halides is 3. The van der Waals surface area contributed by atoms with E-state index in [0.29, 0.717) is 25.1 Å². The van der Waals surface area contributed by atoms with Gasteiger partial charge in [-0.2, -0.15) is 13.2 Å². The van der Waals surface area contributed by atoms with Crippen LogP contribution < -0.4 is 10.6 Å². The second kappa shape index (κ2) is 6.38. The maximum Gasteiger partial charge on any atom is 0.490 e. The van der Waals surface area contributed by atoms with E-state index in [2.05, 4.69) is 30.8 Å². The first kappa shape index (κ1) is 16.7. The molecule has 0 aromatic carbocycles. The molecule has 1 aliphatic heterocycles. The molecule has 2 fully saturated rings. The first-order chi connectivity index (χ1) is 11.3. The molecule has 0 spiro atoms. The molecule has 2 unspecified atom stereocenters. The number of carbonyl (C=O) groups excluding carboxylic acids is 2. The van der Waals surface area contributed by atoms with E-state index in [-0.39, 0.29) is 30.2 Å².